The maximum atomic E-state index is 12.0. The van der Waals surface area contributed by atoms with Crippen LogP contribution in [0.25, 0.3) is 0 Å². The van der Waals surface area contributed by atoms with Gasteiger partial charge in [-0.2, -0.15) is 5.26 Å². The van der Waals surface area contributed by atoms with Gasteiger partial charge in [0.05, 0.1) is 0 Å². The van der Waals surface area contributed by atoms with Crippen molar-refractivity contribution in [2.45, 2.75) is 19.8 Å². The van der Waals surface area contributed by atoms with Crippen LogP contribution in [0.3, 0.4) is 0 Å². The van der Waals surface area contributed by atoms with E-state index in [1.54, 1.807) is 0 Å². The normalized spacial score (nSPS) is 10.8. The van der Waals surface area contributed by atoms with Crippen molar-refractivity contribution in [3.63, 3.8) is 0 Å². The molecular weight excluding hydrogens is 310 g/mol. The van der Waals surface area contributed by atoms with Crippen molar-refractivity contribution in [2.24, 2.45) is 0 Å². The first-order chi connectivity index (χ1) is 12.2. The molecule has 0 atom stereocenters. The van der Waals surface area contributed by atoms with Gasteiger partial charge >= 0.3 is 0 Å². The predicted molar refractivity (Wildman–Crippen MR) is 99.7 cm³/mol. The van der Waals surface area contributed by atoms with E-state index in [4.69, 9.17) is 5.26 Å². The molecule has 0 aliphatic heterocycles. The highest BCUT2D eigenvalue weighted by Gasteiger charge is 2.07. The monoisotopic (exact) mass is 333 g/mol. The van der Waals surface area contributed by atoms with E-state index in [9.17, 15) is 4.79 Å². The highest BCUT2D eigenvalue weighted by Crippen LogP contribution is 2.04. The summed E-state index contributed by atoms with van der Waals surface area (Å²) in [5, 5.41) is 15.0. The van der Waals surface area contributed by atoms with E-state index in [0.29, 0.717) is 13.1 Å². The van der Waals surface area contributed by atoms with Gasteiger partial charge in [0.25, 0.3) is 5.91 Å². The standard InChI is InChI=1S/C21H23N3O/c1-17-6-5-9-19(14-17)10-12-23-16-20(15-22)21(25)24-13-11-18-7-3-2-4-8-18/h2-9,14,16,23H,10-13H2,1H3,(H,24,25)/b20-16-. The third-order valence-corrected chi connectivity index (χ3v) is 3.79. The number of hydrogen-bond acceptors (Lipinski definition) is 3. The van der Waals surface area contributed by atoms with Crippen LogP contribution in [0, 0.1) is 18.3 Å². The Morgan fingerprint density at radius 2 is 1.76 bits per heavy atom. The van der Waals surface area contributed by atoms with E-state index in [1.165, 1.54) is 17.3 Å². The molecule has 0 unspecified atom stereocenters. The molecule has 2 aromatic carbocycles. The number of nitrogens with zero attached hydrogens (tertiary/aromatic N) is 1. The summed E-state index contributed by atoms with van der Waals surface area (Å²) in [6.45, 7) is 3.24. The first-order valence-corrected chi connectivity index (χ1v) is 8.40. The Balaban J connectivity index is 1.75. The number of rotatable bonds is 8. The molecule has 0 aliphatic carbocycles. The number of benzene rings is 2. The largest absolute Gasteiger partial charge is 0.389 e. The van der Waals surface area contributed by atoms with Crippen molar-refractivity contribution >= 4 is 5.91 Å². The molecule has 2 rings (SSSR count). The number of hydrogen-bond donors (Lipinski definition) is 2. The Morgan fingerprint density at radius 3 is 2.48 bits per heavy atom. The molecule has 2 aromatic rings. The molecule has 0 spiro atoms. The highest BCUT2D eigenvalue weighted by atomic mass is 16.1. The molecule has 0 aliphatic rings. The van der Waals surface area contributed by atoms with Gasteiger partial charge in [-0.25, -0.2) is 0 Å². The Kier molecular flexibility index (Phi) is 7.27. The second-order valence-corrected chi connectivity index (χ2v) is 5.85. The quantitative estimate of drug-likeness (QED) is 0.443. The van der Waals surface area contributed by atoms with Crippen LogP contribution in [0.5, 0.6) is 0 Å². The molecule has 0 heterocycles. The lowest BCUT2D eigenvalue weighted by molar-refractivity contribution is -0.117. The highest BCUT2D eigenvalue weighted by molar-refractivity contribution is 5.97. The van der Waals surface area contributed by atoms with Crippen LogP contribution >= 0.6 is 0 Å². The molecule has 4 heteroatoms. The summed E-state index contributed by atoms with van der Waals surface area (Å²) in [6.07, 6.45) is 3.08. The Bertz CT molecular complexity index is 760. The number of aryl methyl sites for hydroxylation is 1. The van der Waals surface area contributed by atoms with Gasteiger partial charge in [-0.3, -0.25) is 4.79 Å². The first kappa shape index (κ1) is 18.3. The van der Waals surface area contributed by atoms with Crippen molar-refractivity contribution < 1.29 is 4.79 Å². The van der Waals surface area contributed by atoms with Gasteiger partial charge in [0.2, 0.25) is 0 Å². The van der Waals surface area contributed by atoms with Crippen molar-refractivity contribution in [3.05, 3.63) is 83.1 Å². The van der Waals surface area contributed by atoms with Gasteiger partial charge in [0.1, 0.15) is 11.6 Å². The maximum Gasteiger partial charge on any atom is 0.263 e. The van der Waals surface area contributed by atoms with Gasteiger partial charge < -0.3 is 10.6 Å². The molecule has 128 valence electrons. The minimum absolute atomic E-state index is 0.0947. The summed E-state index contributed by atoms with van der Waals surface area (Å²) in [5.41, 5.74) is 3.70. The van der Waals surface area contributed by atoms with Crippen LogP contribution in [0.2, 0.25) is 0 Å². The predicted octanol–water partition coefficient (Wildman–Crippen LogP) is 2.89. The Labute approximate surface area is 149 Å². The molecule has 0 saturated carbocycles. The zero-order chi connectivity index (χ0) is 17.9. The molecule has 0 aromatic heterocycles. The average Bonchev–Trinajstić information content (AvgIpc) is 2.62. The zero-order valence-electron chi connectivity index (χ0n) is 14.5. The van der Waals surface area contributed by atoms with Crippen LogP contribution in [0.1, 0.15) is 16.7 Å². The molecule has 0 bridgehead atoms. The fourth-order valence-corrected chi connectivity index (χ4v) is 2.47. The van der Waals surface area contributed by atoms with Crippen LogP contribution in [-0.4, -0.2) is 19.0 Å². The fraction of sp³-hybridized carbons (Fsp3) is 0.238. The van der Waals surface area contributed by atoms with Gasteiger partial charge in [-0.05, 0) is 30.9 Å². The summed E-state index contributed by atoms with van der Waals surface area (Å²) < 4.78 is 0. The molecule has 2 N–H and O–H groups in total. The fourth-order valence-electron chi connectivity index (χ4n) is 2.47. The summed E-state index contributed by atoms with van der Waals surface area (Å²) in [4.78, 5) is 12.0. The second kappa shape index (κ2) is 9.94. The van der Waals surface area contributed by atoms with Crippen molar-refractivity contribution in [2.75, 3.05) is 13.1 Å². The number of carbonyl (C=O) groups excluding carboxylic acids is 1. The summed E-state index contributed by atoms with van der Waals surface area (Å²) in [6, 6.07) is 20.2. The Hall–Kier alpha value is -3.06. The third-order valence-electron chi connectivity index (χ3n) is 3.79. The second-order valence-electron chi connectivity index (χ2n) is 5.85. The minimum atomic E-state index is -0.346. The van der Waals surface area contributed by atoms with E-state index < -0.39 is 0 Å². The van der Waals surface area contributed by atoms with Crippen LogP contribution < -0.4 is 10.6 Å². The van der Waals surface area contributed by atoms with Crippen molar-refractivity contribution in [3.8, 4) is 6.07 Å². The van der Waals surface area contributed by atoms with Crippen LogP contribution in [0.15, 0.2) is 66.4 Å². The third kappa shape index (κ3) is 6.52. The topological polar surface area (TPSA) is 64.9 Å². The average molecular weight is 333 g/mol. The SMILES string of the molecule is Cc1cccc(CCN/C=C(/C#N)C(=O)NCCc2ccccc2)c1. The molecular formula is C21H23N3O. The molecule has 0 saturated heterocycles. The summed E-state index contributed by atoms with van der Waals surface area (Å²) in [7, 11) is 0. The molecule has 0 radical (unpaired) electrons. The lowest BCUT2D eigenvalue weighted by Gasteiger charge is -2.06. The van der Waals surface area contributed by atoms with Gasteiger partial charge in [-0.15, -0.1) is 0 Å². The summed E-state index contributed by atoms with van der Waals surface area (Å²) >= 11 is 0. The molecule has 1 amide bonds. The van der Waals surface area contributed by atoms with E-state index in [0.717, 1.165) is 18.4 Å². The zero-order valence-corrected chi connectivity index (χ0v) is 14.5. The van der Waals surface area contributed by atoms with Crippen molar-refractivity contribution in [1.29, 1.82) is 5.26 Å². The number of carbonyl (C=O) groups is 1. The van der Waals surface area contributed by atoms with Crippen LogP contribution in [0.4, 0.5) is 0 Å². The van der Waals surface area contributed by atoms with Gasteiger partial charge in [0, 0.05) is 19.3 Å². The van der Waals surface area contributed by atoms with E-state index in [1.807, 2.05) is 42.5 Å². The smallest absolute Gasteiger partial charge is 0.263 e. The molecule has 25 heavy (non-hydrogen) atoms. The van der Waals surface area contributed by atoms with Crippen molar-refractivity contribution in [1.82, 2.24) is 10.6 Å². The van der Waals surface area contributed by atoms with Crippen LogP contribution in [-0.2, 0) is 17.6 Å². The minimum Gasteiger partial charge on any atom is -0.389 e. The number of amides is 1. The van der Waals surface area contributed by atoms with E-state index in [-0.39, 0.29) is 11.5 Å². The first-order valence-electron chi connectivity index (χ1n) is 8.40. The Morgan fingerprint density at radius 1 is 1.04 bits per heavy atom. The number of nitriles is 1. The number of nitrogens with one attached hydrogen (secondary N) is 2. The lowest BCUT2D eigenvalue weighted by atomic mass is 10.1. The van der Waals surface area contributed by atoms with E-state index in [2.05, 4.69) is 35.8 Å². The molecule has 4 nitrogen and oxygen atoms in total. The van der Waals surface area contributed by atoms with E-state index >= 15 is 0 Å². The van der Waals surface area contributed by atoms with Gasteiger partial charge in [-0.1, -0.05) is 60.2 Å². The maximum absolute atomic E-state index is 12.0. The lowest BCUT2D eigenvalue weighted by Crippen LogP contribution is -2.27. The summed E-state index contributed by atoms with van der Waals surface area (Å²) in [5.74, 6) is -0.346. The van der Waals surface area contributed by atoms with Gasteiger partial charge in [0.15, 0.2) is 0 Å². The molecule has 0 fully saturated rings.